The second kappa shape index (κ2) is 6.13. The van der Waals surface area contributed by atoms with Crippen molar-refractivity contribution >= 4 is 11.7 Å². The highest BCUT2D eigenvalue weighted by Crippen LogP contribution is 2.24. The van der Waals surface area contributed by atoms with E-state index in [1.807, 2.05) is 19.9 Å². The lowest BCUT2D eigenvalue weighted by atomic mass is 10.1. The number of aryl methyl sites for hydroxylation is 1. The Hall–Kier alpha value is -1.71. The van der Waals surface area contributed by atoms with Crippen molar-refractivity contribution in [3.8, 4) is 5.75 Å². The molecule has 0 aliphatic rings. The summed E-state index contributed by atoms with van der Waals surface area (Å²) in [6.45, 7) is 3.65. The summed E-state index contributed by atoms with van der Waals surface area (Å²) in [5.74, 6) is -0.106. The zero-order valence-electron chi connectivity index (χ0n) is 10.3. The molecule has 4 nitrogen and oxygen atoms in total. The maximum Gasteiger partial charge on any atom is 0.306 e. The van der Waals surface area contributed by atoms with Gasteiger partial charge in [-0.25, -0.2) is 0 Å². The van der Waals surface area contributed by atoms with Crippen LogP contribution in [0.2, 0.25) is 0 Å². The Bertz CT molecular complexity index is 388. The number of carbonyl (C=O) groups is 1. The Morgan fingerprint density at radius 2 is 2.18 bits per heavy atom. The van der Waals surface area contributed by atoms with Crippen molar-refractivity contribution in [1.82, 2.24) is 0 Å². The number of ether oxygens (including phenoxy) is 1. The summed E-state index contributed by atoms with van der Waals surface area (Å²) in [4.78, 5) is 11.3. The van der Waals surface area contributed by atoms with Crippen LogP contribution in [0.15, 0.2) is 18.2 Å². The predicted molar refractivity (Wildman–Crippen MR) is 66.7 cm³/mol. The van der Waals surface area contributed by atoms with Crippen molar-refractivity contribution in [2.24, 2.45) is 0 Å². The SMILES string of the molecule is CC(C)OC(=O)CCCc1cccc(O)c1N. The molecule has 1 aromatic carbocycles. The van der Waals surface area contributed by atoms with Crippen molar-refractivity contribution in [1.29, 1.82) is 0 Å². The molecular weight excluding hydrogens is 218 g/mol. The molecule has 94 valence electrons. The monoisotopic (exact) mass is 237 g/mol. The summed E-state index contributed by atoms with van der Waals surface area (Å²) in [6, 6.07) is 5.14. The fourth-order valence-corrected chi connectivity index (χ4v) is 1.56. The standard InChI is InChI=1S/C13H19NO3/c1-9(2)17-12(16)8-4-6-10-5-3-7-11(15)13(10)14/h3,5,7,9,15H,4,6,8,14H2,1-2H3. The smallest absolute Gasteiger partial charge is 0.306 e. The van der Waals surface area contributed by atoms with E-state index in [4.69, 9.17) is 10.5 Å². The van der Waals surface area contributed by atoms with Crippen LogP contribution in [-0.2, 0) is 16.0 Å². The summed E-state index contributed by atoms with van der Waals surface area (Å²) >= 11 is 0. The summed E-state index contributed by atoms with van der Waals surface area (Å²) in [7, 11) is 0. The van der Waals surface area contributed by atoms with Crippen LogP contribution in [0.4, 0.5) is 5.69 Å². The van der Waals surface area contributed by atoms with Gasteiger partial charge in [0.25, 0.3) is 0 Å². The average molecular weight is 237 g/mol. The molecule has 0 aliphatic carbocycles. The van der Waals surface area contributed by atoms with Crippen LogP contribution < -0.4 is 5.73 Å². The van der Waals surface area contributed by atoms with E-state index in [1.165, 1.54) is 0 Å². The van der Waals surface area contributed by atoms with Gasteiger partial charge >= 0.3 is 5.97 Å². The van der Waals surface area contributed by atoms with Gasteiger partial charge in [-0.3, -0.25) is 4.79 Å². The Morgan fingerprint density at radius 1 is 1.47 bits per heavy atom. The van der Waals surface area contributed by atoms with E-state index in [0.717, 1.165) is 5.56 Å². The molecule has 0 aliphatic heterocycles. The maximum absolute atomic E-state index is 11.3. The van der Waals surface area contributed by atoms with Gasteiger partial charge in [-0.15, -0.1) is 0 Å². The number of nitrogens with two attached hydrogens (primary N) is 1. The molecule has 0 unspecified atom stereocenters. The number of carbonyl (C=O) groups excluding carboxylic acids is 1. The minimum atomic E-state index is -0.196. The number of phenolic OH excluding ortho intramolecular Hbond substituents is 1. The number of esters is 1. The van der Waals surface area contributed by atoms with Gasteiger partial charge in [0.1, 0.15) is 5.75 Å². The maximum atomic E-state index is 11.3. The van der Waals surface area contributed by atoms with Crippen LogP contribution >= 0.6 is 0 Å². The molecule has 3 N–H and O–H groups in total. The number of benzene rings is 1. The minimum Gasteiger partial charge on any atom is -0.506 e. The second-order valence-electron chi connectivity index (χ2n) is 4.24. The number of para-hydroxylation sites is 1. The van der Waals surface area contributed by atoms with E-state index in [2.05, 4.69) is 0 Å². The fourth-order valence-electron chi connectivity index (χ4n) is 1.56. The van der Waals surface area contributed by atoms with Gasteiger partial charge in [0, 0.05) is 6.42 Å². The zero-order valence-corrected chi connectivity index (χ0v) is 10.3. The summed E-state index contributed by atoms with van der Waals surface area (Å²) in [6.07, 6.45) is 1.62. The largest absolute Gasteiger partial charge is 0.506 e. The number of aromatic hydroxyl groups is 1. The van der Waals surface area contributed by atoms with Crippen molar-refractivity contribution in [3.05, 3.63) is 23.8 Å². The summed E-state index contributed by atoms with van der Waals surface area (Å²) in [5.41, 5.74) is 6.97. The number of nitrogen functional groups attached to an aromatic ring is 1. The third kappa shape index (κ3) is 4.34. The summed E-state index contributed by atoms with van der Waals surface area (Å²) in [5, 5.41) is 9.41. The van der Waals surface area contributed by atoms with Crippen molar-refractivity contribution in [2.75, 3.05) is 5.73 Å². The van der Waals surface area contributed by atoms with E-state index in [0.29, 0.717) is 24.9 Å². The summed E-state index contributed by atoms with van der Waals surface area (Å²) < 4.78 is 5.02. The highest BCUT2D eigenvalue weighted by atomic mass is 16.5. The first kappa shape index (κ1) is 13.4. The molecule has 0 saturated carbocycles. The van der Waals surface area contributed by atoms with Gasteiger partial charge in [-0.1, -0.05) is 12.1 Å². The van der Waals surface area contributed by atoms with Crippen LogP contribution in [-0.4, -0.2) is 17.2 Å². The number of hydrogen-bond donors (Lipinski definition) is 2. The highest BCUT2D eigenvalue weighted by Gasteiger charge is 2.07. The number of hydrogen-bond acceptors (Lipinski definition) is 4. The lowest BCUT2D eigenvalue weighted by molar-refractivity contribution is -0.147. The second-order valence-corrected chi connectivity index (χ2v) is 4.24. The van der Waals surface area contributed by atoms with E-state index in [1.54, 1.807) is 12.1 Å². The van der Waals surface area contributed by atoms with E-state index >= 15 is 0 Å². The Balaban J connectivity index is 2.41. The van der Waals surface area contributed by atoms with Crippen LogP contribution in [0, 0.1) is 0 Å². The molecule has 17 heavy (non-hydrogen) atoms. The zero-order chi connectivity index (χ0) is 12.8. The van der Waals surface area contributed by atoms with Crippen LogP contribution in [0.25, 0.3) is 0 Å². The number of rotatable bonds is 5. The third-order valence-corrected chi connectivity index (χ3v) is 2.37. The van der Waals surface area contributed by atoms with Gasteiger partial charge in [-0.05, 0) is 38.3 Å². The number of phenols is 1. The minimum absolute atomic E-state index is 0.0756. The topological polar surface area (TPSA) is 72.5 Å². The number of anilines is 1. The Kier molecular flexibility index (Phi) is 4.82. The van der Waals surface area contributed by atoms with Crippen LogP contribution in [0.3, 0.4) is 0 Å². The van der Waals surface area contributed by atoms with E-state index < -0.39 is 0 Å². The molecule has 0 atom stereocenters. The predicted octanol–water partition coefficient (Wildman–Crippen LogP) is 2.25. The molecule has 0 heterocycles. The molecular formula is C13H19NO3. The van der Waals surface area contributed by atoms with Gasteiger partial charge in [0.15, 0.2) is 0 Å². The molecule has 0 spiro atoms. The van der Waals surface area contributed by atoms with Gasteiger partial charge in [-0.2, -0.15) is 0 Å². The third-order valence-electron chi connectivity index (χ3n) is 2.37. The fraction of sp³-hybridized carbons (Fsp3) is 0.462. The van der Waals surface area contributed by atoms with Gasteiger partial charge in [0.2, 0.25) is 0 Å². The van der Waals surface area contributed by atoms with Crippen LogP contribution in [0.1, 0.15) is 32.3 Å². The first-order valence-corrected chi connectivity index (χ1v) is 5.76. The molecule has 4 heteroatoms. The quantitative estimate of drug-likeness (QED) is 0.468. The van der Waals surface area contributed by atoms with Gasteiger partial charge < -0.3 is 15.6 Å². The average Bonchev–Trinajstić information content (AvgIpc) is 2.23. The van der Waals surface area contributed by atoms with E-state index in [-0.39, 0.29) is 17.8 Å². The van der Waals surface area contributed by atoms with Crippen molar-refractivity contribution in [2.45, 2.75) is 39.2 Å². The Morgan fingerprint density at radius 3 is 2.82 bits per heavy atom. The van der Waals surface area contributed by atoms with Crippen molar-refractivity contribution in [3.63, 3.8) is 0 Å². The van der Waals surface area contributed by atoms with Gasteiger partial charge in [0.05, 0.1) is 11.8 Å². The molecule has 0 aromatic heterocycles. The molecule has 0 fully saturated rings. The molecule has 0 saturated heterocycles. The molecule has 1 aromatic rings. The molecule has 0 radical (unpaired) electrons. The normalized spacial score (nSPS) is 10.5. The van der Waals surface area contributed by atoms with Crippen molar-refractivity contribution < 1.29 is 14.6 Å². The Labute approximate surface area is 101 Å². The first-order chi connectivity index (χ1) is 8.00. The molecule has 0 bridgehead atoms. The molecule has 1 rings (SSSR count). The highest BCUT2D eigenvalue weighted by molar-refractivity contribution is 5.69. The lowest BCUT2D eigenvalue weighted by Crippen LogP contribution is -2.11. The lowest BCUT2D eigenvalue weighted by Gasteiger charge is -2.09. The molecule has 0 amide bonds. The van der Waals surface area contributed by atoms with Crippen LogP contribution in [0.5, 0.6) is 5.75 Å². The first-order valence-electron chi connectivity index (χ1n) is 5.76. The van der Waals surface area contributed by atoms with E-state index in [9.17, 15) is 9.90 Å².